The number of hydrogen-bond donors (Lipinski definition) is 1. The second-order valence-corrected chi connectivity index (χ2v) is 3.46. The summed E-state index contributed by atoms with van der Waals surface area (Å²) in [6.45, 7) is 0. The highest BCUT2D eigenvalue weighted by atomic mass is 16.5. The molecule has 1 heterocycles. The van der Waals surface area contributed by atoms with E-state index in [0.29, 0.717) is 17.4 Å². The standard InChI is InChI=1S/C12H14N4O3/c1-13-10-14-11(18-3)16-12(15-10)19-9-6-4-5-8(7-9)17-2/h4-7H,1-3H3,(H,13,14,15,16). The van der Waals surface area contributed by atoms with Crippen LogP contribution in [0, 0.1) is 0 Å². The van der Waals surface area contributed by atoms with Crippen molar-refractivity contribution in [2.45, 2.75) is 0 Å². The SMILES string of the molecule is CNc1nc(OC)nc(Oc2cccc(OC)c2)n1. The molecule has 0 unspecified atom stereocenters. The Morgan fingerprint density at radius 1 is 0.947 bits per heavy atom. The van der Waals surface area contributed by atoms with E-state index in [1.165, 1.54) is 7.11 Å². The topological polar surface area (TPSA) is 78.4 Å². The number of nitrogens with one attached hydrogen (secondary N) is 1. The van der Waals surface area contributed by atoms with Crippen LogP contribution in [0.1, 0.15) is 0 Å². The Bertz CT molecular complexity index is 540. The second-order valence-electron chi connectivity index (χ2n) is 3.46. The molecule has 2 rings (SSSR count). The Morgan fingerprint density at radius 2 is 1.68 bits per heavy atom. The molecule has 0 saturated carbocycles. The highest BCUT2D eigenvalue weighted by molar-refractivity contribution is 5.35. The maximum atomic E-state index is 5.54. The predicted molar refractivity (Wildman–Crippen MR) is 69.0 cm³/mol. The van der Waals surface area contributed by atoms with E-state index in [0.717, 1.165) is 0 Å². The van der Waals surface area contributed by atoms with Crippen LogP contribution in [0.15, 0.2) is 24.3 Å². The Balaban J connectivity index is 2.26. The summed E-state index contributed by atoms with van der Waals surface area (Å²) in [5, 5.41) is 2.80. The first-order valence-electron chi connectivity index (χ1n) is 5.55. The van der Waals surface area contributed by atoms with Gasteiger partial charge in [0.15, 0.2) is 0 Å². The fourth-order valence-corrected chi connectivity index (χ4v) is 1.36. The number of aromatic nitrogens is 3. The third-order valence-electron chi connectivity index (χ3n) is 2.25. The number of methoxy groups -OCH3 is 2. The average Bonchev–Trinajstić information content (AvgIpc) is 2.47. The quantitative estimate of drug-likeness (QED) is 0.878. The van der Waals surface area contributed by atoms with Crippen molar-refractivity contribution < 1.29 is 14.2 Å². The molecule has 100 valence electrons. The van der Waals surface area contributed by atoms with Gasteiger partial charge < -0.3 is 19.5 Å². The zero-order valence-corrected chi connectivity index (χ0v) is 10.9. The molecule has 0 saturated heterocycles. The maximum Gasteiger partial charge on any atom is 0.330 e. The van der Waals surface area contributed by atoms with Gasteiger partial charge >= 0.3 is 12.0 Å². The predicted octanol–water partition coefficient (Wildman–Crippen LogP) is 1.72. The van der Waals surface area contributed by atoms with Crippen LogP contribution in [0.3, 0.4) is 0 Å². The molecule has 1 aromatic heterocycles. The van der Waals surface area contributed by atoms with Crippen molar-refractivity contribution >= 4 is 5.95 Å². The summed E-state index contributed by atoms with van der Waals surface area (Å²) in [7, 11) is 4.76. The normalized spacial score (nSPS) is 9.84. The molecular weight excluding hydrogens is 248 g/mol. The average molecular weight is 262 g/mol. The van der Waals surface area contributed by atoms with Gasteiger partial charge in [0.05, 0.1) is 14.2 Å². The van der Waals surface area contributed by atoms with E-state index >= 15 is 0 Å². The van der Waals surface area contributed by atoms with Crippen molar-refractivity contribution in [3.63, 3.8) is 0 Å². The lowest BCUT2D eigenvalue weighted by Crippen LogP contribution is -2.03. The lowest BCUT2D eigenvalue weighted by Gasteiger charge is -2.07. The van der Waals surface area contributed by atoms with Gasteiger partial charge in [-0.3, -0.25) is 0 Å². The number of ether oxygens (including phenoxy) is 3. The van der Waals surface area contributed by atoms with Crippen molar-refractivity contribution in [3.8, 4) is 23.5 Å². The van der Waals surface area contributed by atoms with Crippen LogP contribution < -0.4 is 19.5 Å². The Hall–Kier alpha value is -2.57. The van der Waals surface area contributed by atoms with Gasteiger partial charge in [0.25, 0.3) is 0 Å². The van der Waals surface area contributed by atoms with Gasteiger partial charge in [-0.25, -0.2) is 0 Å². The second kappa shape index (κ2) is 5.85. The fourth-order valence-electron chi connectivity index (χ4n) is 1.36. The Kier molecular flexibility index (Phi) is 3.97. The van der Waals surface area contributed by atoms with E-state index in [1.54, 1.807) is 26.3 Å². The molecule has 7 heteroatoms. The van der Waals surface area contributed by atoms with E-state index < -0.39 is 0 Å². The van der Waals surface area contributed by atoms with Crippen molar-refractivity contribution in [1.82, 2.24) is 15.0 Å². The largest absolute Gasteiger partial charge is 0.497 e. The molecule has 0 atom stereocenters. The van der Waals surface area contributed by atoms with Crippen molar-refractivity contribution in [1.29, 1.82) is 0 Å². The molecule has 0 radical (unpaired) electrons. The smallest absolute Gasteiger partial charge is 0.330 e. The van der Waals surface area contributed by atoms with E-state index in [4.69, 9.17) is 14.2 Å². The van der Waals surface area contributed by atoms with E-state index in [2.05, 4.69) is 20.3 Å². The molecule has 0 bridgehead atoms. The van der Waals surface area contributed by atoms with Gasteiger partial charge in [0.1, 0.15) is 11.5 Å². The molecule has 0 aliphatic rings. The van der Waals surface area contributed by atoms with E-state index in [-0.39, 0.29) is 12.0 Å². The van der Waals surface area contributed by atoms with Gasteiger partial charge in [0, 0.05) is 13.1 Å². The minimum Gasteiger partial charge on any atom is -0.497 e. The van der Waals surface area contributed by atoms with Crippen LogP contribution in [0.4, 0.5) is 5.95 Å². The fraction of sp³-hybridized carbons (Fsp3) is 0.250. The van der Waals surface area contributed by atoms with Gasteiger partial charge in [-0.15, -0.1) is 4.98 Å². The monoisotopic (exact) mass is 262 g/mol. The molecule has 0 amide bonds. The molecule has 0 aliphatic carbocycles. The highest BCUT2D eigenvalue weighted by Gasteiger charge is 2.08. The third-order valence-corrected chi connectivity index (χ3v) is 2.25. The first-order valence-corrected chi connectivity index (χ1v) is 5.55. The summed E-state index contributed by atoms with van der Waals surface area (Å²) in [5.41, 5.74) is 0. The first kappa shape index (κ1) is 12.9. The molecule has 1 aromatic carbocycles. The Labute approximate surface area is 110 Å². The molecule has 2 aromatic rings. The molecule has 0 spiro atoms. The number of nitrogens with zero attached hydrogens (tertiary/aromatic N) is 3. The zero-order valence-electron chi connectivity index (χ0n) is 10.9. The van der Waals surface area contributed by atoms with Crippen molar-refractivity contribution in [3.05, 3.63) is 24.3 Å². The van der Waals surface area contributed by atoms with Gasteiger partial charge in [-0.1, -0.05) is 6.07 Å². The summed E-state index contributed by atoms with van der Waals surface area (Å²) in [6, 6.07) is 7.46. The molecular formula is C12H14N4O3. The summed E-state index contributed by atoms with van der Waals surface area (Å²) < 4.78 is 15.6. The molecule has 1 N–H and O–H groups in total. The molecule has 0 aliphatic heterocycles. The van der Waals surface area contributed by atoms with E-state index in [1.807, 2.05) is 12.1 Å². The summed E-state index contributed by atoms with van der Waals surface area (Å²) in [6.07, 6.45) is 0. The summed E-state index contributed by atoms with van der Waals surface area (Å²) in [4.78, 5) is 12.1. The number of anilines is 1. The van der Waals surface area contributed by atoms with Gasteiger partial charge in [0.2, 0.25) is 5.95 Å². The number of benzene rings is 1. The molecule has 19 heavy (non-hydrogen) atoms. The van der Waals surface area contributed by atoms with Crippen LogP contribution in [-0.2, 0) is 0 Å². The van der Waals surface area contributed by atoms with Crippen molar-refractivity contribution in [2.75, 3.05) is 26.6 Å². The number of hydrogen-bond acceptors (Lipinski definition) is 7. The molecule has 0 fully saturated rings. The lowest BCUT2D eigenvalue weighted by atomic mass is 10.3. The highest BCUT2D eigenvalue weighted by Crippen LogP contribution is 2.24. The Morgan fingerprint density at radius 3 is 2.37 bits per heavy atom. The van der Waals surface area contributed by atoms with Crippen LogP contribution in [-0.4, -0.2) is 36.2 Å². The van der Waals surface area contributed by atoms with Crippen LogP contribution in [0.2, 0.25) is 0 Å². The van der Waals surface area contributed by atoms with Gasteiger partial charge in [-0.2, -0.15) is 9.97 Å². The maximum absolute atomic E-state index is 5.54. The summed E-state index contributed by atoms with van der Waals surface area (Å²) >= 11 is 0. The number of rotatable bonds is 5. The van der Waals surface area contributed by atoms with Gasteiger partial charge in [-0.05, 0) is 12.1 Å². The minimum atomic E-state index is 0.143. The lowest BCUT2D eigenvalue weighted by molar-refractivity contribution is 0.359. The summed E-state index contributed by atoms with van der Waals surface area (Å²) in [5.74, 6) is 1.62. The van der Waals surface area contributed by atoms with Crippen LogP contribution in [0.5, 0.6) is 23.5 Å². The minimum absolute atomic E-state index is 0.143. The van der Waals surface area contributed by atoms with Crippen molar-refractivity contribution in [2.24, 2.45) is 0 Å². The van der Waals surface area contributed by atoms with Crippen LogP contribution >= 0.6 is 0 Å². The zero-order chi connectivity index (χ0) is 13.7. The molecule has 7 nitrogen and oxygen atoms in total. The van der Waals surface area contributed by atoms with E-state index in [9.17, 15) is 0 Å². The third kappa shape index (κ3) is 3.21. The first-order chi connectivity index (χ1) is 9.25. The van der Waals surface area contributed by atoms with Crippen LogP contribution in [0.25, 0.3) is 0 Å².